The number of hydrogen-bond acceptors (Lipinski definition) is 16. The average molecular weight is 1120 g/mol. The molecule has 7 heterocycles. The number of piperazine rings is 1. The number of benzene rings is 3. The third kappa shape index (κ3) is 10.7. The monoisotopic (exact) mass is 1120 g/mol. The summed E-state index contributed by atoms with van der Waals surface area (Å²) in [6.45, 7) is 15.9. The highest BCUT2D eigenvalue weighted by Crippen LogP contribution is 2.58. The minimum absolute atomic E-state index is 0.0660. The Kier molecular flexibility index (Phi) is 15.0. The maximum atomic E-state index is 14.9. The number of amides is 1. The second kappa shape index (κ2) is 22.0. The molecule has 6 fully saturated rings. The van der Waals surface area contributed by atoms with Crippen molar-refractivity contribution in [3.8, 4) is 11.6 Å². The number of pyridine rings is 1. The number of nitrogens with zero attached hydrogens (tertiary/aromatic N) is 6. The lowest BCUT2D eigenvalue weighted by Gasteiger charge is -2.63. The van der Waals surface area contributed by atoms with Crippen molar-refractivity contribution in [2.75, 3.05) is 80.8 Å². The molecule has 2 saturated carbocycles. The second-order valence-electron chi connectivity index (χ2n) is 24.3. The van der Waals surface area contributed by atoms with Crippen LogP contribution in [0.2, 0.25) is 0 Å². The number of sulfonamides is 1. The molecule has 4 N–H and O–H groups in total. The smallest absolute Gasteiger partial charge is 0.293 e. The first-order valence-electron chi connectivity index (χ1n) is 29.1. The predicted octanol–water partition coefficient (Wildman–Crippen LogP) is 8.95. The molecule has 2 aromatic heterocycles. The molecule has 3 aromatic carbocycles. The van der Waals surface area contributed by atoms with Crippen LogP contribution >= 0.6 is 0 Å². The molecule has 1 amide bonds. The molecule has 5 aromatic rings. The van der Waals surface area contributed by atoms with Crippen molar-refractivity contribution in [1.29, 1.82) is 0 Å². The molecule has 0 bridgehead atoms. The van der Waals surface area contributed by atoms with Crippen molar-refractivity contribution in [2.45, 2.75) is 139 Å². The van der Waals surface area contributed by atoms with Gasteiger partial charge in [0.1, 0.15) is 28.9 Å². The molecule has 20 heteroatoms. The van der Waals surface area contributed by atoms with Crippen LogP contribution in [0.5, 0.6) is 11.6 Å². The SMILES string of the molecule is CC(C)Oc1ccccc1[C@@H]1CN(C2CCOCC2)CCN1C1CC2(CCN(c3ccc(C(=O)NS(=O)(=O)c4ccc(NC[C@H]5CC[C@](C)(O)CC5)c([N+](=O)[O-])c4)c(N4c5cc6cc[nH]c6nc5O[C@H]5COCC[C@@H]54)c3)CC2)C1C. The number of rotatable bonds is 14. The van der Waals surface area contributed by atoms with Crippen LogP contribution in [0.1, 0.15) is 114 Å². The molecule has 7 aliphatic rings. The summed E-state index contributed by atoms with van der Waals surface area (Å²) in [6.07, 6.45) is 10.0. The fourth-order valence-corrected chi connectivity index (χ4v) is 15.3. The van der Waals surface area contributed by atoms with Gasteiger partial charge in [-0.15, -0.1) is 0 Å². The Bertz CT molecular complexity index is 3200. The molecule has 5 atom stereocenters. The topological polar surface area (TPSA) is 217 Å². The van der Waals surface area contributed by atoms with Crippen LogP contribution in [-0.2, 0) is 19.5 Å². The van der Waals surface area contributed by atoms with Gasteiger partial charge in [-0.25, -0.2) is 13.1 Å². The van der Waals surface area contributed by atoms with Gasteiger partial charge < -0.3 is 44.2 Å². The Labute approximate surface area is 468 Å². The van der Waals surface area contributed by atoms with Gasteiger partial charge in [-0.3, -0.25) is 24.7 Å². The molecule has 1 spiro atoms. The van der Waals surface area contributed by atoms with Crippen LogP contribution in [0.3, 0.4) is 0 Å². The number of aromatic amines is 1. The minimum Gasteiger partial charge on any atom is -0.491 e. The molecular formula is C60H77N9O10S. The van der Waals surface area contributed by atoms with Gasteiger partial charge in [-0.2, -0.15) is 4.98 Å². The Morgan fingerprint density at radius 2 is 1.70 bits per heavy atom. The van der Waals surface area contributed by atoms with E-state index in [1.54, 1.807) is 6.07 Å². The normalized spacial score (nSPS) is 27.5. The number of nitro groups is 1. The third-order valence-electron chi connectivity index (χ3n) is 19.1. The number of nitrogens with one attached hydrogen (secondary N) is 3. The molecule has 19 nitrogen and oxygen atoms in total. The highest BCUT2D eigenvalue weighted by molar-refractivity contribution is 7.90. The van der Waals surface area contributed by atoms with Crippen molar-refractivity contribution in [3.05, 3.63) is 100 Å². The van der Waals surface area contributed by atoms with Crippen LogP contribution in [0.25, 0.3) is 11.0 Å². The van der Waals surface area contributed by atoms with Crippen LogP contribution in [0.15, 0.2) is 83.9 Å². The maximum absolute atomic E-state index is 14.9. The number of carbonyl (C=O) groups is 1. The van der Waals surface area contributed by atoms with Crippen molar-refractivity contribution in [3.63, 3.8) is 0 Å². The zero-order chi connectivity index (χ0) is 55.5. The molecular weight excluding hydrogens is 1040 g/mol. The summed E-state index contributed by atoms with van der Waals surface area (Å²) < 4.78 is 55.7. The summed E-state index contributed by atoms with van der Waals surface area (Å²) in [5.74, 6) is 1.11. The van der Waals surface area contributed by atoms with E-state index in [4.69, 9.17) is 23.9 Å². The van der Waals surface area contributed by atoms with Crippen LogP contribution < -0.4 is 29.3 Å². The number of hydrogen-bond donors (Lipinski definition) is 4. The van der Waals surface area contributed by atoms with E-state index < -0.39 is 43.1 Å². The van der Waals surface area contributed by atoms with Crippen molar-refractivity contribution >= 4 is 55.4 Å². The van der Waals surface area contributed by atoms with Gasteiger partial charge in [0.25, 0.3) is 21.6 Å². The number of nitro benzene ring substituents is 1. The number of aromatic nitrogens is 2. The lowest BCUT2D eigenvalue weighted by atomic mass is 9.53. The molecule has 5 aliphatic heterocycles. The largest absolute Gasteiger partial charge is 0.491 e. The summed E-state index contributed by atoms with van der Waals surface area (Å²) in [5.41, 5.74) is 3.27. The van der Waals surface area contributed by atoms with E-state index in [0.717, 1.165) is 114 Å². The number of para-hydroxylation sites is 1. The van der Waals surface area contributed by atoms with E-state index in [9.17, 15) is 28.4 Å². The molecule has 2 aliphatic carbocycles. The van der Waals surface area contributed by atoms with Crippen LogP contribution in [0, 0.1) is 27.4 Å². The van der Waals surface area contributed by atoms with Crippen molar-refractivity contribution in [2.24, 2.45) is 17.3 Å². The molecule has 4 saturated heterocycles. The number of H-pyrrole nitrogens is 1. The van der Waals surface area contributed by atoms with E-state index in [-0.39, 0.29) is 40.8 Å². The highest BCUT2D eigenvalue weighted by Gasteiger charge is 2.56. The van der Waals surface area contributed by atoms with Gasteiger partial charge in [0.15, 0.2) is 0 Å². The summed E-state index contributed by atoms with van der Waals surface area (Å²) in [5, 5.41) is 26.9. The molecule has 80 heavy (non-hydrogen) atoms. The van der Waals surface area contributed by atoms with Gasteiger partial charge in [-0.05, 0) is 151 Å². The standard InChI is InChI=1S/C60H77N9O10S/c1-38(2)78-54-8-6-5-7-45(54)53-36-66(42-16-28-76-29-17-42)26-27-67(53)52-34-60(39(52)3)21-24-65(25-22-60)43-9-11-46(49(32-43)68-48-18-30-77-37-55(48)79-58-51(68)31-41-15-23-61-56(41)63-58)57(70)64-80(74,75)44-10-12-47(50(33-44)69(72)73)62-35-40-13-19-59(4,71)20-14-40/h5-12,15,23,31-33,38-40,42,48,52-53,55,62,71H,13-14,16-22,24-30,34-37H2,1-4H3,(H,61,63)(H,64,70)/t39?,40-,48-,52?,53-,55-,59-/m0/s1. The fraction of sp³-hybridized carbons (Fsp3) is 0.567. The Morgan fingerprint density at radius 1 is 0.925 bits per heavy atom. The number of anilines is 4. The van der Waals surface area contributed by atoms with Gasteiger partial charge in [0.2, 0.25) is 5.88 Å². The van der Waals surface area contributed by atoms with Crippen molar-refractivity contribution < 1.29 is 42.2 Å². The summed E-state index contributed by atoms with van der Waals surface area (Å²) in [7, 11) is -4.64. The highest BCUT2D eigenvalue weighted by atomic mass is 32.2. The van der Waals surface area contributed by atoms with E-state index >= 15 is 0 Å². The molecule has 428 valence electrons. The Balaban J connectivity index is 0.813. The lowest BCUT2D eigenvalue weighted by Crippen LogP contribution is -2.65. The van der Waals surface area contributed by atoms with Gasteiger partial charge in [0, 0.05) is 100 Å². The van der Waals surface area contributed by atoms with Gasteiger partial charge >= 0.3 is 0 Å². The van der Waals surface area contributed by atoms with E-state index in [2.05, 4.69) is 79.7 Å². The summed E-state index contributed by atoms with van der Waals surface area (Å²) in [4.78, 5) is 44.3. The molecule has 12 rings (SSSR count). The third-order valence-corrected chi connectivity index (χ3v) is 20.4. The maximum Gasteiger partial charge on any atom is 0.293 e. The number of ether oxygens (including phenoxy) is 4. The average Bonchev–Trinajstić information content (AvgIpc) is 4.07. The zero-order valence-electron chi connectivity index (χ0n) is 46.5. The lowest BCUT2D eigenvalue weighted by molar-refractivity contribution is -0.384. The Morgan fingerprint density at radius 3 is 2.46 bits per heavy atom. The first-order valence-corrected chi connectivity index (χ1v) is 30.6. The minimum atomic E-state index is -4.64. The van der Waals surface area contributed by atoms with Crippen LogP contribution in [-0.4, -0.2) is 146 Å². The first kappa shape index (κ1) is 54.6. The predicted molar refractivity (Wildman–Crippen MR) is 306 cm³/mol. The molecule has 2 unspecified atom stereocenters. The van der Waals surface area contributed by atoms with E-state index in [1.807, 2.05) is 37.4 Å². The number of aliphatic hydroxyl groups is 1. The van der Waals surface area contributed by atoms with Crippen molar-refractivity contribution in [1.82, 2.24) is 24.5 Å². The first-order chi connectivity index (χ1) is 38.5. The van der Waals surface area contributed by atoms with Crippen LogP contribution in [0.4, 0.5) is 28.4 Å². The van der Waals surface area contributed by atoms with Gasteiger partial charge in [-0.1, -0.05) is 25.1 Å². The Hall–Kier alpha value is -6.03. The zero-order valence-corrected chi connectivity index (χ0v) is 47.3. The number of fused-ring (bicyclic) bond motifs is 3. The van der Waals surface area contributed by atoms with Gasteiger partial charge in [0.05, 0.1) is 51.5 Å². The molecule has 0 radical (unpaired) electrons. The summed E-state index contributed by atoms with van der Waals surface area (Å²) >= 11 is 0. The number of piperidine rings is 1. The second-order valence-corrected chi connectivity index (χ2v) is 26.0. The fourth-order valence-electron chi connectivity index (χ4n) is 14.3. The quantitative estimate of drug-likeness (QED) is 0.0603. The number of carbonyl (C=O) groups excluding carboxylic acids is 1. The summed E-state index contributed by atoms with van der Waals surface area (Å²) in [6, 6.07) is 22.7. The van der Waals surface area contributed by atoms with E-state index in [1.165, 1.54) is 17.7 Å². The van der Waals surface area contributed by atoms with E-state index in [0.29, 0.717) is 79.9 Å².